The van der Waals surface area contributed by atoms with Crippen molar-refractivity contribution in [2.75, 3.05) is 18.9 Å². The molecule has 6 nitrogen and oxygen atoms in total. The zero-order chi connectivity index (χ0) is 13.1. The van der Waals surface area contributed by atoms with E-state index in [2.05, 4.69) is 5.32 Å². The van der Waals surface area contributed by atoms with Crippen LogP contribution in [0.3, 0.4) is 0 Å². The lowest BCUT2D eigenvalue weighted by Crippen LogP contribution is -2.30. The molecule has 2 rings (SSSR count). The van der Waals surface area contributed by atoms with Gasteiger partial charge in [-0.2, -0.15) is 0 Å². The highest BCUT2D eigenvalue weighted by atomic mass is 16.5. The Morgan fingerprint density at radius 3 is 2.83 bits per heavy atom. The zero-order valence-corrected chi connectivity index (χ0v) is 10.3. The molecule has 1 aliphatic rings. The lowest BCUT2D eigenvalue weighted by molar-refractivity contribution is -0.124. The van der Waals surface area contributed by atoms with Gasteiger partial charge in [-0.1, -0.05) is 0 Å². The fraction of sp³-hybridized carbons (Fsp3) is 0.500. The molecule has 0 unspecified atom stereocenters. The molecular weight excluding hydrogens is 234 g/mol. The Kier molecular flexibility index (Phi) is 3.55. The van der Waals surface area contributed by atoms with Crippen LogP contribution in [0.25, 0.3) is 0 Å². The second kappa shape index (κ2) is 5.12. The number of aromatic nitrogens is 1. The number of nitrogens with one attached hydrogen (secondary N) is 1. The van der Waals surface area contributed by atoms with Crippen LogP contribution < -0.4 is 11.1 Å². The maximum Gasteiger partial charge on any atom is 0.355 e. The first kappa shape index (κ1) is 12.5. The van der Waals surface area contributed by atoms with Crippen molar-refractivity contribution in [2.24, 2.45) is 13.0 Å². The summed E-state index contributed by atoms with van der Waals surface area (Å²) in [4.78, 5) is 23.0. The normalized spacial score (nSPS) is 14.3. The van der Waals surface area contributed by atoms with Gasteiger partial charge in [0.2, 0.25) is 0 Å². The smallest absolute Gasteiger partial charge is 0.355 e. The number of hydrogen-bond donors (Lipinski definition) is 2. The molecule has 18 heavy (non-hydrogen) atoms. The van der Waals surface area contributed by atoms with E-state index in [1.807, 2.05) is 0 Å². The highest BCUT2D eigenvalue weighted by Gasteiger charge is 2.22. The van der Waals surface area contributed by atoms with Crippen molar-refractivity contribution in [1.82, 2.24) is 9.88 Å². The van der Waals surface area contributed by atoms with E-state index in [1.165, 1.54) is 18.9 Å². The quantitative estimate of drug-likeness (QED) is 0.736. The van der Waals surface area contributed by atoms with Crippen molar-refractivity contribution < 1.29 is 14.3 Å². The Labute approximate surface area is 105 Å². The molecule has 0 bridgehead atoms. The average Bonchev–Trinajstić information content (AvgIpc) is 3.08. The molecule has 0 atom stereocenters. The van der Waals surface area contributed by atoms with Crippen LogP contribution in [0, 0.1) is 5.92 Å². The molecule has 0 aliphatic heterocycles. The summed E-state index contributed by atoms with van der Waals surface area (Å²) in [5, 5.41) is 2.72. The summed E-state index contributed by atoms with van der Waals surface area (Å²) in [6.45, 7) is 0.421. The Hall–Kier alpha value is -1.98. The number of ether oxygens (including phenoxy) is 1. The Balaban J connectivity index is 1.76. The second-order valence-corrected chi connectivity index (χ2v) is 4.59. The third-order valence-corrected chi connectivity index (χ3v) is 2.85. The van der Waals surface area contributed by atoms with E-state index in [0.29, 0.717) is 23.8 Å². The van der Waals surface area contributed by atoms with Crippen molar-refractivity contribution in [3.05, 3.63) is 18.0 Å². The summed E-state index contributed by atoms with van der Waals surface area (Å²) in [5.41, 5.74) is 6.38. The molecule has 0 spiro atoms. The van der Waals surface area contributed by atoms with E-state index in [9.17, 15) is 9.59 Å². The number of esters is 1. The van der Waals surface area contributed by atoms with Crippen molar-refractivity contribution in [1.29, 1.82) is 0 Å². The third-order valence-electron chi connectivity index (χ3n) is 2.85. The molecule has 1 aromatic rings. The van der Waals surface area contributed by atoms with Gasteiger partial charge in [-0.25, -0.2) is 4.79 Å². The summed E-state index contributed by atoms with van der Waals surface area (Å²) >= 11 is 0. The summed E-state index contributed by atoms with van der Waals surface area (Å²) in [7, 11) is 1.69. The van der Waals surface area contributed by atoms with Crippen molar-refractivity contribution in [2.45, 2.75) is 12.8 Å². The Morgan fingerprint density at radius 1 is 1.56 bits per heavy atom. The van der Waals surface area contributed by atoms with Crippen LogP contribution in [-0.2, 0) is 16.6 Å². The summed E-state index contributed by atoms with van der Waals surface area (Å²) < 4.78 is 6.48. The zero-order valence-electron chi connectivity index (χ0n) is 10.3. The Bertz CT molecular complexity index is 463. The highest BCUT2D eigenvalue weighted by Crippen LogP contribution is 2.27. The van der Waals surface area contributed by atoms with Crippen LogP contribution in [0.15, 0.2) is 12.3 Å². The molecule has 1 aromatic heterocycles. The van der Waals surface area contributed by atoms with Crippen LogP contribution in [0.1, 0.15) is 23.3 Å². The minimum Gasteiger partial charge on any atom is -0.451 e. The molecule has 1 saturated carbocycles. The molecule has 3 N–H and O–H groups in total. The number of carbonyl (C=O) groups is 2. The summed E-state index contributed by atoms with van der Waals surface area (Å²) in [5.74, 6) is -0.203. The first-order valence-corrected chi connectivity index (χ1v) is 5.92. The van der Waals surface area contributed by atoms with E-state index in [4.69, 9.17) is 10.5 Å². The predicted octanol–water partition coefficient (Wildman–Crippen LogP) is 0.290. The van der Waals surface area contributed by atoms with Gasteiger partial charge in [-0.15, -0.1) is 0 Å². The third kappa shape index (κ3) is 3.26. The number of amides is 1. The van der Waals surface area contributed by atoms with E-state index < -0.39 is 5.97 Å². The minimum atomic E-state index is -0.546. The fourth-order valence-electron chi connectivity index (χ4n) is 1.63. The van der Waals surface area contributed by atoms with Gasteiger partial charge in [0.25, 0.3) is 5.91 Å². The van der Waals surface area contributed by atoms with E-state index in [-0.39, 0.29) is 12.5 Å². The Morgan fingerprint density at radius 2 is 2.28 bits per heavy atom. The molecule has 1 heterocycles. The monoisotopic (exact) mass is 251 g/mol. The SMILES string of the molecule is Cn1cc(N)cc1C(=O)OCC(=O)NCC1CC1. The maximum absolute atomic E-state index is 11.7. The fourth-order valence-corrected chi connectivity index (χ4v) is 1.63. The van der Waals surface area contributed by atoms with Gasteiger partial charge in [-0.3, -0.25) is 4.79 Å². The van der Waals surface area contributed by atoms with Crippen LogP contribution in [0.2, 0.25) is 0 Å². The van der Waals surface area contributed by atoms with Gasteiger partial charge < -0.3 is 20.4 Å². The number of anilines is 1. The molecule has 6 heteroatoms. The largest absolute Gasteiger partial charge is 0.451 e. The second-order valence-electron chi connectivity index (χ2n) is 4.59. The number of carbonyl (C=O) groups excluding carboxylic acids is 2. The average molecular weight is 251 g/mol. The van der Waals surface area contributed by atoms with Crippen molar-refractivity contribution in [3.63, 3.8) is 0 Å². The summed E-state index contributed by atoms with van der Waals surface area (Å²) in [6.07, 6.45) is 3.95. The molecule has 1 fully saturated rings. The van der Waals surface area contributed by atoms with Gasteiger partial charge in [0, 0.05) is 19.8 Å². The molecular formula is C12H17N3O3. The molecule has 98 valence electrons. The molecule has 0 aromatic carbocycles. The van der Waals surface area contributed by atoms with E-state index in [1.54, 1.807) is 17.8 Å². The molecule has 0 saturated heterocycles. The van der Waals surface area contributed by atoms with Gasteiger partial charge in [0.05, 0.1) is 5.69 Å². The van der Waals surface area contributed by atoms with Gasteiger partial charge >= 0.3 is 5.97 Å². The topological polar surface area (TPSA) is 86.3 Å². The van der Waals surface area contributed by atoms with Gasteiger partial charge in [0.1, 0.15) is 5.69 Å². The number of nitrogens with two attached hydrogens (primary N) is 1. The molecule has 0 radical (unpaired) electrons. The summed E-state index contributed by atoms with van der Waals surface area (Å²) in [6, 6.07) is 1.52. The lowest BCUT2D eigenvalue weighted by Gasteiger charge is -2.06. The predicted molar refractivity (Wildman–Crippen MR) is 65.8 cm³/mol. The van der Waals surface area contributed by atoms with E-state index >= 15 is 0 Å². The van der Waals surface area contributed by atoms with E-state index in [0.717, 1.165) is 0 Å². The first-order chi connectivity index (χ1) is 8.56. The number of nitrogens with zero attached hydrogens (tertiary/aromatic N) is 1. The van der Waals surface area contributed by atoms with Crippen LogP contribution in [0.5, 0.6) is 0 Å². The minimum absolute atomic E-state index is 0.253. The highest BCUT2D eigenvalue weighted by molar-refractivity contribution is 5.91. The van der Waals surface area contributed by atoms with Crippen LogP contribution in [-0.4, -0.2) is 29.6 Å². The number of nitrogen functional groups attached to an aromatic ring is 1. The molecule has 1 amide bonds. The number of hydrogen-bond acceptors (Lipinski definition) is 4. The molecule has 1 aliphatic carbocycles. The van der Waals surface area contributed by atoms with Crippen LogP contribution in [0.4, 0.5) is 5.69 Å². The van der Waals surface area contributed by atoms with Crippen molar-refractivity contribution in [3.8, 4) is 0 Å². The number of aryl methyl sites for hydroxylation is 1. The van der Waals surface area contributed by atoms with Crippen molar-refractivity contribution >= 4 is 17.6 Å². The van der Waals surface area contributed by atoms with Crippen LogP contribution >= 0.6 is 0 Å². The lowest BCUT2D eigenvalue weighted by atomic mass is 10.4. The standard InChI is InChI=1S/C12H17N3O3/c1-15-6-9(13)4-10(15)12(17)18-7-11(16)14-5-8-2-3-8/h4,6,8H,2-3,5,7,13H2,1H3,(H,14,16). The van der Waals surface area contributed by atoms with Gasteiger partial charge in [0.15, 0.2) is 6.61 Å². The maximum atomic E-state index is 11.7. The number of rotatable bonds is 5. The first-order valence-electron chi connectivity index (χ1n) is 5.92. The van der Waals surface area contributed by atoms with Gasteiger partial charge in [-0.05, 0) is 24.8 Å².